The molecule has 1 saturated heterocycles. The molecule has 1 fully saturated rings. The van der Waals surface area contributed by atoms with Crippen LogP contribution in [0.5, 0.6) is 0 Å². The molecule has 1 aliphatic heterocycles. The van der Waals surface area contributed by atoms with Gasteiger partial charge < -0.3 is 15.3 Å². The number of aliphatic hydroxyl groups excluding tert-OH is 1. The number of likely N-dealkylation sites (N-methyl/N-ethyl adjacent to an activating group) is 1. The first kappa shape index (κ1) is 21.4. The third-order valence-electron chi connectivity index (χ3n) is 5.42. The van der Waals surface area contributed by atoms with E-state index in [-0.39, 0.29) is 31.0 Å². The fourth-order valence-corrected chi connectivity index (χ4v) is 3.78. The lowest BCUT2D eigenvalue weighted by Gasteiger charge is -2.37. The minimum atomic E-state index is -0.257. The Kier molecular flexibility index (Phi) is 8.25. The molecule has 2 rings (SSSR count). The number of hydrogen-bond acceptors (Lipinski definition) is 4. The Morgan fingerprint density at radius 3 is 2.81 bits per heavy atom. The average Bonchev–Trinajstić information content (AvgIpc) is 2.67. The number of amides is 2. The molecular formula is C21H33N3O3. The van der Waals surface area contributed by atoms with Crippen LogP contribution in [-0.2, 0) is 16.0 Å². The molecule has 0 bridgehead atoms. The van der Waals surface area contributed by atoms with E-state index in [9.17, 15) is 9.59 Å². The summed E-state index contributed by atoms with van der Waals surface area (Å²) in [6, 6.07) is 7.47. The van der Waals surface area contributed by atoms with E-state index in [4.69, 9.17) is 5.11 Å². The Labute approximate surface area is 162 Å². The van der Waals surface area contributed by atoms with Crippen LogP contribution in [-0.4, -0.2) is 66.1 Å². The van der Waals surface area contributed by atoms with E-state index >= 15 is 0 Å². The SMILES string of the molecule is CCc1ccccc1NC(=O)CN(C)C(=O)C(C)N1CCCC(CCO)C1. The molecule has 2 amide bonds. The molecule has 1 aliphatic rings. The van der Waals surface area contributed by atoms with E-state index in [1.165, 1.54) is 4.90 Å². The first-order valence-corrected chi connectivity index (χ1v) is 9.93. The largest absolute Gasteiger partial charge is 0.396 e. The molecule has 6 nitrogen and oxygen atoms in total. The van der Waals surface area contributed by atoms with Crippen LogP contribution in [0.25, 0.3) is 0 Å². The molecule has 0 aliphatic carbocycles. The first-order chi connectivity index (χ1) is 13.0. The van der Waals surface area contributed by atoms with Crippen molar-refractivity contribution in [1.29, 1.82) is 0 Å². The number of aryl methyl sites for hydroxylation is 1. The number of nitrogens with one attached hydrogen (secondary N) is 1. The monoisotopic (exact) mass is 375 g/mol. The molecule has 0 radical (unpaired) electrons. The zero-order chi connectivity index (χ0) is 19.8. The number of anilines is 1. The minimum Gasteiger partial charge on any atom is -0.396 e. The molecule has 0 spiro atoms. The summed E-state index contributed by atoms with van der Waals surface area (Å²) >= 11 is 0. The highest BCUT2D eigenvalue weighted by Gasteiger charge is 2.29. The van der Waals surface area contributed by atoms with Crippen molar-refractivity contribution in [3.8, 4) is 0 Å². The van der Waals surface area contributed by atoms with Gasteiger partial charge in [0.15, 0.2) is 0 Å². The maximum Gasteiger partial charge on any atom is 0.243 e. The van der Waals surface area contributed by atoms with Crippen LogP contribution >= 0.6 is 0 Å². The van der Waals surface area contributed by atoms with Crippen molar-refractivity contribution in [2.75, 3.05) is 38.6 Å². The van der Waals surface area contributed by atoms with Gasteiger partial charge in [0.1, 0.15) is 0 Å². The lowest BCUT2D eigenvalue weighted by molar-refractivity contribution is -0.138. The second-order valence-electron chi connectivity index (χ2n) is 7.44. The van der Waals surface area contributed by atoms with Crippen molar-refractivity contribution in [2.45, 2.75) is 45.6 Å². The molecule has 2 atom stereocenters. The van der Waals surface area contributed by atoms with Crippen LogP contribution in [0.1, 0.15) is 38.7 Å². The van der Waals surface area contributed by atoms with Crippen LogP contribution in [0, 0.1) is 5.92 Å². The van der Waals surface area contributed by atoms with Crippen LogP contribution < -0.4 is 5.32 Å². The van der Waals surface area contributed by atoms with Crippen LogP contribution in [0.4, 0.5) is 5.69 Å². The number of likely N-dealkylation sites (tertiary alicyclic amines) is 1. The maximum absolute atomic E-state index is 12.8. The number of piperidine rings is 1. The summed E-state index contributed by atoms with van der Waals surface area (Å²) < 4.78 is 0. The highest BCUT2D eigenvalue weighted by molar-refractivity contribution is 5.95. The predicted molar refractivity (Wildman–Crippen MR) is 108 cm³/mol. The van der Waals surface area contributed by atoms with E-state index < -0.39 is 0 Å². The topological polar surface area (TPSA) is 72.9 Å². The lowest BCUT2D eigenvalue weighted by Crippen LogP contribution is -2.50. The van der Waals surface area contributed by atoms with Gasteiger partial charge in [-0.1, -0.05) is 25.1 Å². The van der Waals surface area contributed by atoms with Gasteiger partial charge in [0.2, 0.25) is 11.8 Å². The molecule has 1 aromatic carbocycles. The number of aliphatic hydroxyl groups is 1. The Morgan fingerprint density at radius 1 is 1.37 bits per heavy atom. The molecule has 2 unspecified atom stereocenters. The Balaban J connectivity index is 1.89. The second kappa shape index (κ2) is 10.4. The fraction of sp³-hybridized carbons (Fsp3) is 0.619. The summed E-state index contributed by atoms with van der Waals surface area (Å²) in [5, 5.41) is 12.1. The normalized spacial score (nSPS) is 18.7. The summed E-state index contributed by atoms with van der Waals surface area (Å²) in [6.45, 7) is 5.90. The number of benzene rings is 1. The van der Waals surface area contributed by atoms with Gasteiger partial charge in [-0.2, -0.15) is 0 Å². The van der Waals surface area contributed by atoms with Crippen molar-refractivity contribution in [2.24, 2.45) is 5.92 Å². The quantitative estimate of drug-likeness (QED) is 0.730. The van der Waals surface area contributed by atoms with Crippen molar-refractivity contribution in [1.82, 2.24) is 9.80 Å². The van der Waals surface area contributed by atoms with Crippen LogP contribution in [0.3, 0.4) is 0 Å². The summed E-state index contributed by atoms with van der Waals surface area (Å²) in [5.41, 5.74) is 1.89. The third kappa shape index (κ3) is 6.04. The maximum atomic E-state index is 12.8. The second-order valence-corrected chi connectivity index (χ2v) is 7.44. The number of para-hydroxylation sites is 1. The summed E-state index contributed by atoms with van der Waals surface area (Å²) in [5.74, 6) is 0.215. The van der Waals surface area contributed by atoms with Gasteiger partial charge in [0.25, 0.3) is 0 Å². The first-order valence-electron chi connectivity index (χ1n) is 9.93. The van der Waals surface area contributed by atoms with Gasteiger partial charge in [0.05, 0.1) is 12.6 Å². The van der Waals surface area contributed by atoms with Crippen molar-refractivity contribution in [3.05, 3.63) is 29.8 Å². The van der Waals surface area contributed by atoms with E-state index in [0.29, 0.717) is 5.92 Å². The summed E-state index contributed by atoms with van der Waals surface area (Å²) in [7, 11) is 1.68. The van der Waals surface area contributed by atoms with Gasteiger partial charge in [-0.15, -0.1) is 0 Å². The Hall–Kier alpha value is -1.92. The van der Waals surface area contributed by atoms with Gasteiger partial charge in [-0.25, -0.2) is 0 Å². The molecule has 0 saturated carbocycles. The molecule has 2 N–H and O–H groups in total. The van der Waals surface area contributed by atoms with E-state index in [1.54, 1.807) is 7.05 Å². The zero-order valence-corrected chi connectivity index (χ0v) is 16.8. The Morgan fingerprint density at radius 2 is 2.11 bits per heavy atom. The molecule has 6 heteroatoms. The number of carbonyl (C=O) groups is 2. The molecule has 1 aromatic rings. The number of nitrogens with zero attached hydrogens (tertiary/aromatic N) is 2. The molecular weight excluding hydrogens is 342 g/mol. The highest BCUT2D eigenvalue weighted by Crippen LogP contribution is 2.21. The van der Waals surface area contributed by atoms with Gasteiger partial charge >= 0.3 is 0 Å². The molecule has 27 heavy (non-hydrogen) atoms. The minimum absolute atomic E-state index is 0.0368. The highest BCUT2D eigenvalue weighted by atomic mass is 16.3. The van der Waals surface area contributed by atoms with E-state index in [1.807, 2.05) is 38.1 Å². The molecule has 150 valence electrons. The molecule has 1 heterocycles. The van der Waals surface area contributed by atoms with E-state index in [2.05, 4.69) is 10.2 Å². The standard InChI is InChI=1S/C21H33N3O3/c1-4-18-9-5-6-10-19(18)22-20(26)15-23(3)21(27)16(2)24-12-7-8-17(14-24)11-13-25/h5-6,9-10,16-17,25H,4,7-8,11-15H2,1-3H3,(H,22,26). The average molecular weight is 376 g/mol. The lowest BCUT2D eigenvalue weighted by atomic mass is 9.94. The van der Waals surface area contributed by atoms with Gasteiger partial charge in [0, 0.05) is 25.9 Å². The fourth-order valence-electron chi connectivity index (χ4n) is 3.78. The number of rotatable bonds is 8. The summed E-state index contributed by atoms with van der Waals surface area (Å²) in [4.78, 5) is 28.8. The van der Waals surface area contributed by atoms with Crippen LogP contribution in [0.15, 0.2) is 24.3 Å². The Bertz CT molecular complexity index is 633. The number of carbonyl (C=O) groups excluding carboxylic acids is 2. The van der Waals surface area contributed by atoms with Crippen molar-refractivity contribution < 1.29 is 14.7 Å². The van der Waals surface area contributed by atoms with Gasteiger partial charge in [-0.05, 0) is 56.7 Å². The van der Waals surface area contributed by atoms with Gasteiger partial charge in [-0.3, -0.25) is 14.5 Å². The van der Waals surface area contributed by atoms with E-state index in [0.717, 1.165) is 50.0 Å². The smallest absolute Gasteiger partial charge is 0.243 e. The summed E-state index contributed by atoms with van der Waals surface area (Å²) in [6.07, 6.45) is 3.77. The van der Waals surface area contributed by atoms with Crippen molar-refractivity contribution >= 4 is 17.5 Å². The molecule has 0 aromatic heterocycles. The zero-order valence-electron chi connectivity index (χ0n) is 16.8. The third-order valence-corrected chi connectivity index (χ3v) is 5.42. The van der Waals surface area contributed by atoms with Crippen molar-refractivity contribution in [3.63, 3.8) is 0 Å². The number of hydrogen-bond donors (Lipinski definition) is 2. The van der Waals surface area contributed by atoms with Crippen LogP contribution in [0.2, 0.25) is 0 Å². The predicted octanol–water partition coefficient (Wildman–Crippen LogP) is 2.13.